The maximum atomic E-state index is 5.64. The molecule has 3 rings (SSSR count). The zero-order chi connectivity index (χ0) is 9.54. The predicted molar refractivity (Wildman–Crippen MR) is 64.2 cm³/mol. The molecule has 7 heteroatoms. The molecule has 0 spiro atoms. The number of thioether (sulfide) groups is 2. The zero-order valence-corrected chi connectivity index (χ0v) is 11.0. The van der Waals surface area contributed by atoms with Gasteiger partial charge in [-0.3, -0.25) is 0 Å². The molecule has 76 valence electrons. The minimum absolute atomic E-state index is 0.154. The van der Waals surface area contributed by atoms with Gasteiger partial charge in [0.1, 0.15) is 14.0 Å². The Morgan fingerprint density at radius 3 is 2.00 bits per heavy atom. The smallest absolute Gasteiger partial charge is 0.145 e. The molecule has 1 fully saturated rings. The van der Waals surface area contributed by atoms with Crippen molar-refractivity contribution in [3.05, 3.63) is 3.14 Å². The second kappa shape index (κ2) is 4.04. The summed E-state index contributed by atoms with van der Waals surface area (Å²) >= 11 is 12.1. The molecule has 0 unspecified atom stereocenters. The first-order valence-electron chi connectivity index (χ1n) is 4.03. The molecule has 1 aromatic rings. The molecule has 1 saturated heterocycles. The Kier molecular flexibility index (Phi) is 2.91. The van der Waals surface area contributed by atoms with Crippen LogP contribution in [0.4, 0.5) is 0 Å². The molecule has 0 bridgehead atoms. The van der Waals surface area contributed by atoms with Gasteiger partial charge >= 0.3 is 0 Å². The Labute approximate surface area is 103 Å². The van der Waals surface area contributed by atoms with Gasteiger partial charge in [-0.25, -0.2) is 0 Å². The number of hydrogen-bond donors (Lipinski definition) is 0. The summed E-state index contributed by atoms with van der Waals surface area (Å²) in [6.45, 7) is 1.42. The molecule has 2 aliphatic rings. The Morgan fingerprint density at radius 2 is 1.50 bits per heavy atom. The lowest BCUT2D eigenvalue weighted by Crippen LogP contribution is -2.35. The topological polar surface area (TPSA) is 18.5 Å². The average molecular weight is 282 g/mol. The van der Waals surface area contributed by atoms with E-state index in [0.29, 0.717) is 13.2 Å². The minimum Gasteiger partial charge on any atom is -0.361 e. The molecule has 0 radical (unpaired) electrons. The second-order valence-electron chi connectivity index (χ2n) is 2.74. The van der Waals surface area contributed by atoms with Crippen LogP contribution in [0.25, 0.3) is 0 Å². The quantitative estimate of drug-likeness (QED) is 0.677. The molecule has 0 amide bonds. The molecule has 0 aromatic carbocycles. The number of rotatable bonds is 0. The fourth-order valence-electron chi connectivity index (χ4n) is 1.28. The lowest BCUT2D eigenvalue weighted by atomic mass is 10.6. The normalized spacial score (nSPS) is 30.9. The van der Waals surface area contributed by atoms with Gasteiger partial charge in [0.2, 0.25) is 0 Å². The van der Waals surface area contributed by atoms with Crippen LogP contribution in [0.1, 0.15) is 0 Å². The Bertz CT molecular complexity index is 363. The Morgan fingerprint density at radius 1 is 1.00 bits per heavy atom. The highest BCUT2D eigenvalue weighted by Gasteiger charge is 2.35. The van der Waals surface area contributed by atoms with Crippen molar-refractivity contribution < 1.29 is 9.47 Å². The fraction of sp³-hybridized carbons (Fsp3) is 0.571. The van der Waals surface area contributed by atoms with Gasteiger partial charge in [-0.2, -0.15) is 0 Å². The maximum Gasteiger partial charge on any atom is 0.145 e. The van der Waals surface area contributed by atoms with Crippen LogP contribution in [0.5, 0.6) is 0 Å². The SMILES string of the molecule is S=c1sc2c(s1)S[C@H]1OCCO[C@@H]1S2. The monoisotopic (exact) mass is 282 g/mol. The van der Waals surface area contributed by atoms with Gasteiger partial charge in [-0.1, -0.05) is 35.7 Å². The summed E-state index contributed by atoms with van der Waals surface area (Å²) in [6.07, 6.45) is 0. The molecule has 3 heterocycles. The molecule has 0 saturated carbocycles. The van der Waals surface area contributed by atoms with Gasteiger partial charge in [0.05, 0.1) is 21.6 Å². The highest BCUT2D eigenvalue weighted by molar-refractivity contribution is 8.09. The fourth-order valence-corrected chi connectivity index (χ4v) is 7.73. The third kappa shape index (κ3) is 1.79. The van der Waals surface area contributed by atoms with Gasteiger partial charge in [0.15, 0.2) is 0 Å². The van der Waals surface area contributed by atoms with Gasteiger partial charge in [-0.15, -0.1) is 22.7 Å². The molecular formula is C7H6O2S5. The first kappa shape index (κ1) is 10.1. The minimum atomic E-state index is 0.154. The molecule has 2 aliphatic heterocycles. The van der Waals surface area contributed by atoms with E-state index in [4.69, 9.17) is 21.7 Å². The predicted octanol–water partition coefficient (Wildman–Crippen LogP) is 3.44. The van der Waals surface area contributed by atoms with Crippen molar-refractivity contribution in [3.8, 4) is 0 Å². The van der Waals surface area contributed by atoms with E-state index >= 15 is 0 Å². The van der Waals surface area contributed by atoms with Crippen LogP contribution in [0.2, 0.25) is 0 Å². The maximum absolute atomic E-state index is 5.64. The summed E-state index contributed by atoms with van der Waals surface area (Å²) in [5, 5.41) is 0. The summed E-state index contributed by atoms with van der Waals surface area (Å²) < 4.78 is 14.9. The van der Waals surface area contributed by atoms with Crippen molar-refractivity contribution in [3.63, 3.8) is 0 Å². The van der Waals surface area contributed by atoms with Crippen molar-refractivity contribution >= 4 is 58.4 Å². The lowest BCUT2D eigenvalue weighted by molar-refractivity contribution is -0.0667. The van der Waals surface area contributed by atoms with Gasteiger partial charge in [-0.05, 0) is 0 Å². The Hall–Kier alpha value is 0.890. The van der Waals surface area contributed by atoms with Crippen LogP contribution in [0, 0.1) is 3.14 Å². The summed E-state index contributed by atoms with van der Waals surface area (Å²) in [6, 6.07) is 0. The number of fused-ring (bicyclic) bond motifs is 2. The second-order valence-corrected chi connectivity index (χ2v) is 8.70. The van der Waals surface area contributed by atoms with E-state index in [2.05, 4.69) is 0 Å². The third-order valence-corrected chi connectivity index (χ3v) is 7.78. The third-order valence-electron chi connectivity index (χ3n) is 1.83. The summed E-state index contributed by atoms with van der Waals surface area (Å²) in [5.41, 5.74) is 0.308. The molecule has 2 atom stereocenters. The molecule has 0 aliphatic carbocycles. The van der Waals surface area contributed by atoms with E-state index in [1.165, 1.54) is 8.42 Å². The van der Waals surface area contributed by atoms with Crippen molar-refractivity contribution in [1.82, 2.24) is 0 Å². The van der Waals surface area contributed by atoms with Crippen LogP contribution < -0.4 is 0 Å². The van der Waals surface area contributed by atoms with E-state index in [1.54, 1.807) is 46.2 Å². The van der Waals surface area contributed by atoms with E-state index in [-0.39, 0.29) is 10.9 Å². The van der Waals surface area contributed by atoms with Gasteiger partial charge in [0.25, 0.3) is 0 Å². The highest BCUT2D eigenvalue weighted by Crippen LogP contribution is 2.51. The largest absolute Gasteiger partial charge is 0.361 e. The highest BCUT2D eigenvalue weighted by atomic mass is 32.2. The standard InChI is InChI=1S/C7H6O2S5/c10-7-13-5-6(14-7)12-4-3(11-5)8-1-2-9-4/h3-4H,1-2H2/t3-,4-/m1/s1. The van der Waals surface area contributed by atoms with E-state index in [9.17, 15) is 0 Å². The van der Waals surface area contributed by atoms with Crippen molar-refractivity contribution in [1.29, 1.82) is 0 Å². The van der Waals surface area contributed by atoms with E-state index in [1.807, 2.05) is 0 Å². The number of ether oxygens (including phenoxy) is 2. The average Bonchev–Trinajstić information content (AvgIpc) is 2.53. The summed E-state index contributed by atoms with van der Waals surface area (Å²) in [4.78, 5) is 0. The van der Waals surface area contributed by atoms with Crippen LogP contribution in [0.15, 0.2) is 8.42 Å². The van der Waals surface area contributed by atoms with E-state index < -0.39 is 0 Å². The van der Waals surface area contributed by atoms with Crippen LogP contribution in [-0.2, 0) is 9.47 Å². The molecular weight excluding hydrogens is 276 g/mol. The number of hydrogen-bond acceptors (Lipinski definition) is 7. The molecule has 1 aromatic heterocycles. The van der Waals surface area contributed by atoms with Crippen LogP contribution >= 0.6 is 58.4 Å². The van der Waals surface area contributed by atoms with Gasteiger partial charge in [0, 0.05) is 0 Å². The van der Waals surface area contributed by atoms with Crippen molar-refractivity contribution in [2.45, 2.75) is 19.3 Å². The van der Waals surface area contributed by atoms with Gasteiger partial charge < -0.3 is 9.47 Å². The van der Waals surface area contributed by atoms with E-state index in [0.717, 1.165) is 3.14 Å². The van der Waals surface area contributed by atoms with Crippen molar-refractivity contribution in [2.24, 2.45) is 0 Å². The lowest BCUT2D eigenvalue weighted by Gasteiger charge is -2.33. The summed E-state index contributed by atoms with van der Waals surface area (Å²) in [5.74, 6) is 0. The molecule has 2 nitrogen and oxygen atoms in total. The van der Waals surface area contributed by atoms with Crippen LogP contribution in [0.3, 0.4) is 0 Å². The Balaban J connectivity index is 1.94. The molecule has 0 N–H and O–H groups in total. The summed E-state index contributed by atoms with van der Waals surface area (Å²) in [7, 11) is 0. The molecule has 14 heavy (non-hydrogen) atoms. The first-order valence-corrected chi connectivity index (χ1v) is 7.83. The van der Waals surface area contributed by atoms with Crippen molar-refractivity contribution in [2.75, 3.05) is 13.2 Å². The zero-order valence-electron chi connectivity index (χ0n) is 6.93. The van der Waals surface area contributed by atoms with Crippen LogP contribution in [-0.4, -0.2) is 24.1 Å². The first-order chi connectivity index (χ1) is 6.83.